The maximum absolute atomic E-state index is 13.5. The number of nitrogens with one attached hydrogen (secondary N) is 1. The highest BCUT2D eigenvalue weighted by atomic mass is 19.1. The van der Waals surface area contributed by atoms with Crippen LogP contribution in [-0.2, 0) is 11.4 Å². The van der Waals surface area contributed by atoms with E-state index in [1.54, 1.807) is 36.4 Å². The van der Waals surface area contributed by atoms with Crippen molar-refractivity contribution in [2.45, 2.75) is 19.6 Å². The van der Waals surface area contributed by atoms with Crippen LogP contribution in [0.1, 0.15) is 12.5 Å². The molecule has 0 aromatic heterocycles. The van der Waals surface area contributed by atoms with E-state index in [9.17, 15) is 9.18 Å². The second kappa shape index (κ2) is 6.85. The molecule has 1 unspecified atom stereocenters. The highest BCUT2D eigenvalue weighted by molar-refractivity contribution is 5.94. The van der Waals surface area contributed by atoms with Gasteiger partial charge in [-0.2, -0.15) is 0 Å². The number of aliphatic hydroxyl groups is 1. The molecule has 0 saturated heterocycles. The molecule has 1 atom stereocenters. The summed E-state index contributed by atoms with van der Waals surface area (Å²) < 4.78 is 18.8. The van der Waals surface area contributed by atoms with Gasteiger partial charge >= 0.3 is 0 Å². The minimum Gasteiger partial charge on any atom is -0.478 e. The van der Waals surface area contributed by atoms with Crippen molar-refractivity contribution in [2.75, 3.05) is 5.32 Å². The maximum atomic E-state index is 13.5. The topological polar surface area (TPSA) is 58.6 Å². The number of benzene rings is 2. The van der Waals surface area contributed by atoms with Crippen LogP contribution in [-0.4, -0.2) is 17.1 Å². The summed E-state index contributed by atoms with van der Waals surface area (Å²) in [5.74, 6) is -0.878. The van der Waals surface area contributed by atoms with Crippen LogP contribution in [0, 0.1) is 5.82 Å². The van der Waals surface area contributed by atoms with Gasteiger partial charge in [0.15, 0.2) is 17.7 Å². The molecular weight excluding hydrogens is 273 g/mol. The molecule has 2 N–H and O–H groups in total. The van der Waals surface area contributed by atoms with E-state index < -0.39 is 17.8 Å². The van der Waals surface area contributed by atoms with E-state index in [2.05, 4.69) is 5.32 Å². The number of hydrogen-bond acceptors (Lipinski definition) is 3. The first-order valence-electron chi connectivity index (χ1n) is 6.52. The van der Waals surface area contributed by atoms with Gasteiger partial charge in [0.2, 0.25) is 0 Å². The Morgan fingerprint density at radius 2 is 2.05 bits per heavy atom. The van der Waals surface area contributed by atoms with Gasteiger partial charge in [-0.15, -0.1) is 0 Å². The summed E-state index contributed by atoms with van der Waals surface area (Å²) in [5, 5.41) is 11.7. The minimum atomic E-state index is -0.848. The number of hydrogen-bond donors (Lipinski definition) is 2. The second-order valence-corrected chi connectivity index (χ2v) is 4.54. The van der Waals surface area contributed by atoms with Crippen LogP contribution >= 0.6 is 0 Å². The van der Waals surface area contributed by atoms with Gasteiger partial charge in [0.1, 0.15) is 0 Å². The molecule has 2 aromatic carbocycles. The lowest BCUT2D eigenvalue weighted by Crippen LogP contribution is -2.30. The predicted molar refractivity (Wildman–Crippen MR) is 77.5 cm³/mol. The molecule has 0 radical (unpaired) electrons. The molecule has 0 saturated carbocycles. The number of anilines is 1. The third-order valence-corrected chi connectivity index (χ3v) is 2.89. The molecule has 0 aliphatic rings. The van der Waals surface area contributed by atoms with E-state index in [4.69, 9.17) is 9.84 Å². The molecule has 2 rings (SSSR count). The van der Waals surface area contributed by atoms with Crippen LogP contribution < -0.4 is 10.1 Å². The summed E-state index contributed by atoms with van der Waals surface area (Å²) in [7, 11) is 0. The molecule has 110 valence electrons. The molecular formula is C16H16FNO3. The molecule has 4 nitrogen and oxygen atoms in total. The van der Waals surface area contributed by atoms with Gasteiger partial charge < -0.3 is 15.2 Å². The molecule has 5 heteroatoms. The third-order valence-electron chi connectivity index (χ3n) is 2.89. The number of rotatable bonds is 5. The van der Waals surface area contributed by atoms with Crippen LogP contribution in [0.25, 0.3) is 0 Å². The van der Waals surface area contributed by atoms with Crippen molar-refractivity contribution >= 4 is 11.6 Å². The van der Waals surface area contributed by atoms with Crippen LogP contribution in [0.4, 0.5) is 10.1 Å². The third kappa shape index (κ3) is 4.03. The van der Waals surface area contributed by atoms with Crippen LogP contribution in [0.2, 0.25) is 0 Å². The van der Waals surface area contributed by atoms with E-state index in [1.807, 2.05) is 0 Å². The molecule has 0 aliphatic heterocycles. The number of amides is 1. The molecule has 21 heavy (non-hydrogen) atoms. The SMILES string of the molecule is CC(Oc1ccccc1F)C(=O)Nc1cccc(CO)c1. The van der Waals surface area contributed by atoms with Gasteiger partial charge in [0, 0.05) is 5.69 Å². The number of halogens is 1. The first-order valence-corrected chi connectivity index (χ1v) is 6.52. The van der Waals surface area contributed by atoms with Gasteiger partial charge in [-0.05, 0) is 36.8 Å². The van der Waals surface area contributed by atoms with Gasteiger partial charge in [0.25, 0.3) is 5.91 Å². The lowest BCUT2D eigenvalue weighted by Gasteiger charge is -2.15. The number of carbonyl (C=O) groups excluding carboxylic acids is 1. The zero-order valence-corrected chi connectivity index (χ0v) is 11.5. The number of aliphatic hydroxyl groups excluding tert-OH is 1. The fourth-order valence-corrected chi connectivity index (χ4v) is 1.78. The average molecular weight is 289 g/mol. The van der Waals surface area contributed by atoms with E-state index in [-0.39, 0.29) is 12.4 Å². The Hall–Kier alpha value is -2.40. The first kappa shape index (κ1) is 15.0. The van der Waals surface area contributed by atoms with Crippen molar-refractivity contribution in [3.63, 3.8) is 0 Å². The molecule has 0 fully saturated rings. The largest absolute Gasteiger partial charge is 0.478 e. The molecule has 1 amide bonds. The fraction of sp³-hybridized carbons (Fsp3) is 0.188. The quantitative estimate of drug-likeness (QED) is 0.889. The second-order valence-electron chi connectivity index (χ2n) is 4.54. The van der Waals surface area contributed by atoms with Gasteiger partial charge in [-0.25, -0.2) is 4.39 Å². The smallest absolute Gasteiger partial charge is 0.265 e. The normalized spacial score (nSPS) is 11.8. The van der Waals surface area contributed by atoms with E-state index in [1.165, 1.54) is 19.1 Å². The Bertz CT molecular complexity index is 630. The van der Waals surface area contributed by atoms with Crippen molar-refractivity contribution in [1.82, 2.24) is 0 Å². The Morgan fingerprint density at radius 1 is 1.29 bits per heavy atom. The minimum absolute atomic E-state index is 0.0317. The van der Waals surface area contributed by atoms with Crippen LogP contribution in [0.5, 0.6) is 5.75 Å². The van der Waals surface area contributed by atoms with Crippen LogP contribution in [0.3, 0.4) is 0 Å². The molecule has 0 spiro atoms. The summed E-state index contributed by atoms with van der Waals surface area (Å²) in [6, 6.07) is 12.7. The molecule has 0 bridgehead atoms. The Morgan fingerprint density at radius 3 is 2.76 bits per heavy atom. The van der Waals surface area contributed by atoms with Gasteiger partial charge in [-0.1, -0.05) is 24.3 Å². The molecule has 2 aromatic rings. The standard InChI is InChI=1S/C16H16FNO3/c1-11(21-15-8-3-2-7-14(15)17)16(20)18-13-6-4-5-12(9-13)10-19/h2-9,11,19H,10H2,1H3,(H,18,20). The highest BCUT2D eigenvalue weighted by Gasteiger charge is 2.16. The van der Waals surface area contributed by atoms with Crippen LogP contribution in [0.15, 0.2) is 48.5 Å². The van der Waals surface area contributed by atoms with Crippen molar-refractivity contribution < 1.29 is 19.0 Å². The summed E-state index contributed by atoms with van der Waals surface area (Å²) in [6.45, 7) is 1.43. The zero-order valence-electron chi connectivity index (χ0n) is 11.5. The van der Waals surface area contributed by atoms with E-state index in [0.29, 0.717) is 11.3 Å². The zero-order chi connectivity index (χ0) is 15.2. The summed E-state index contributed by atoms with van der Waals surface area (Å²) in [4.78, 5) is 12.0. The Balaban J connectivity index is 2.01. The monoisotopic (exact) mass is 289 g/mol. The fourth-order valence-electron chi connectivity index (χ4n) is 1.78. The summed E-state index contributed by atoms with van der Waals surface area (Å²) in [5.41, 5.74) is 1.24. The van der Waals surface area contributed by atoms with Crippen molar-refractivity contribution in [3.8, 4) is 5.75 Å². The lowest BCUT2D eigenvalue weighted by atomic mass is 10.2. The van der Waals surface area contributed by atoms with Gasteiger partial charge in [0.05, 0.1) is 6.61 Å². The van der Waals surface area contributed by atoms with Crippen molar-refractivity contribution in [2.24, 2.45) is 0 Å². The van der Waals surface area contributed by atoms with E-state index in [0.717, 1.165) is 0 Å². The number of carbonyl (C=O) groups is 1. The molecule has 0 heterocycles. The average Bonchev–Trinajstić information content (AvgIpc) is 2.49. The molecule has 0 aliphatic carbocycles. The maximum Gasteiger partial charge on any atom is 0.265 e. The first-order chi connectivity index (χ1) is 10.1. The predicted octanol–water partition coefficient (Wildman–Crippen LogP) is 2.72. The summed E-state index contributed by atoms with van der Waals surface area (Å²) in [6.07, 6.45) is -0.848. The highest BCUT2D eigenvalue weighted by Crippen LogP contribution is 2.18. The number of ether oxygens (including phenoxy) is 1. The van der Waals surface area contributed by atoms with Crippen molar-refractivity contribution in [1.29, 1.82) is 0 Å². The van der Waals surface area contributed by atoms with Gasteiger partial charge in [-0.3, -0.25) is 4.79 Å². The number of para-hydroxylation sites is 1. The van der Waals surface area contributed by atoms with E-state index >= 15 is 0 Å². The Labute approximate surface area is 122 Å². The lowest BCUT2D eigenvalue weighted by molar-refractivity contribution is -0.122. The van der Waals surface area contributed by atoms with Crippen molar-refractivity contribution in [3.05, 3.63) is 59.9 Å². The summed E-state index contributed by atoms with van der Waals surface area (Å²) >= 11 is 0. The Kier molecular flexibility index (Phi) is 4.90.